The molecule has 0 aromatic heterocycles. The number of hydrogen-bond acceptors (Lipinski definition) is 3. The number of rotatable bonds is 8. The van der Waals surface area contributed by atoms with E-state index < -0.39 is 0 Å². The maximum absolute atomic E-state index is 12.2. The molecule has 2 aromatic rings. The first-order chi connectivity index (χ1) is 12.4. The predicted octanol–water partition coefficient (Wildman–Crippen LogP) is 2.04. The molecular formula is C20H26ClN2O3+. The Kier molecular flexibility index (Phi) is 7.30. The van der Waals surface area contributed by atoms with Gasteiger partial charge in [0.2, 0.25) is 0 Å². The van der Waals surface area contributed by atoms with Gasteiger partial charge >= 0.3 is 0 Å². The Labute approximate surface area is 159 Å². The summed E-state index contributed by atoms with van der Waals surface area (Å²) in [7, 11) is 5.76. The lowest BCUT2D eigenvalue weighted by atomic mass is 10.0. The lowest BCUT2D eigenvalue weighted by Crippen LogP contribution is -3.07. The third-order valence-corrected chi connectivity index (χ3v) is 4.64. The smallest absolute Gasteiger partial charge is 0.258 e. The van der Waals surface area contributed by atoms with Gasteiger partial charge in [0.05, 0.1) is 33.3 Å². The Bertz CT molecular complexity index is 750. The number of ether oxygens (including phenoxy) is 2. The van der Waals surface area contributed by atoms with Crippen LogP contribution in [0.15, 0.2) is 42.5 Å². The van der Waals surface area contributed by atoms with Crippen LogP contribution in [0.1, 0.15) is 17.2 Å². The topological polar surface area (TPSA) is 52.0 Å². The van der Waals surface area contributed by atoms with E-state index in [1.54, 1.807) is 19.2 Å². The molecule has 1 amide bonds. The summed E-state index contributed by atoms with van der Waals surface area (Å²) in [5.74, 6) is 1.28. The van der Waals surface area contributed by atoms with Crippen molar-refractivity contribution in [2.75, 3.05) is 34.4 Å². The van der Waals surface area contributed by atoms with Crippen molar-refractivity contribution in [3.8, 4) is 11.5 Å². The average Bonchev–Trinajstić information content (AvgIpc) is 2.63. The summed E-state index contributed by atoms with van der Waals surface area (Å²) in [5, 5.41) is 3.62. The highest BCUT2D eigenvalue weighted by atomic mass is 35.5. The lowest BCUT2D eigenvalue weighted by molar-refractivity contribution is -0.890. The van der Waals surface area contributed by atoms with Crippen molar-refractivity contribution >= 4 is 17.5 Å². The second-order valence-electron chi connectivity index (χ2n) is 6.38. The van der Waals surface area contributed by atoms with E-state index in [1.807, 2.05) is 37.3 Å². The number of aryl methyl sites for hydroxylation is 1. The Balaban J connectivity index is 1.94. The van der Waals surface area contributed by atoms with Crippen molar-refractivity contribution in [1.29, 1.82) is 0 Å². The van der Waals surface area contributed by atoms with Crippen LogP contribution in [0.2, 0.25) is 5.02 Å². The minimum absolute atomic E-state index is 0.0392. The monoisotopic (exact) mass is 377 g/mol. The number of carbonyl (C=O) groups excluding carboxylic acids is 1. The average molecular weight is 378 g/mol. The van der Waals surface area contributed by atoms with Crippen LogP contribution >= 0.6 is 11.6 Å². The van der Waals surface area contributed by atoms with E-state index in [0.29, 0.717) is 17.3 Å². The molecule has 0 fully saturated rings. The third kappa shape index (κ3) is 5.38. The van der Waals surface area contributed by atoms with Crippen molar-refractivity contribution in [3.05, 3.63) is 58.6 Å². The van der Waals surface area contributed by atoms with E-state index in [-0.39, 0.29) is 18.6 Å². The highest BCUT2D eigenvalue weighted by Crippen LogP contribution is 2.23. The van der Waals surface area contributed by atoms with Gasteiger partial charge < -0.3 is 19.7 Å². The maximum atomic E-state index is 12.2. The Hall–Kier alpha value is -2.24. The second kappa shape index (κ2) is 9.46. The molecule has 0 radical (unpaired) electrons. The van der Waals surface area contributed by atoms with Gasteiger partial charge in [-0.05, 0) is 42.8 Å². The van der Waals surface area contributed by atoms with E-state index >= 15 is 0 Å². The molecule has 26 heavy (non-hydrogen) atoms. The molecule has 2 rings (SSSR count). The fourth-order valence-electron chi connectivity index (χ4n) is 2.70. The predicted molar refractivity (Wildman–Crippen MR) is 103 cm³/mol. The molecule has 0 aliphatic carbocycles. The number of amides is 1. The molecule has 5 nitrogen and oxygen atoms in total. The highest BCUT2D eigenvalue weighted by Gasteiger charge is 2.22. The summed E-state index contributed by atoms with van der Waals surface area (Å²) in [6.07, 6.45) is 0. The molecule has 0 saturated carbocycles. The number of methoxy groups -OCH3 is 1. The Morgan fingerprint density at radius 1 is 1.23 bits per heavy atom. The van der Waals surface area contributed by atoms with Crippen LogP contribution in [0.25, 0.3) is 0 Å². The fraction of sp³-hybridized carbons (Fsp3) is 0.350. The van der Waals surface area contributed by atoms with Crippen LogP contribution in [0.3, 0.4) is 0 Å². The summed E-state index contributed by atoms with van der Waals surface area (Å²) in [6.45, 7) is 2.35. The molecular weight excluding hydrogens is 352 g/mol. The standard InChI is InChI=1S/C20H25ClN2O3/c1-14-11-15(9-10-17(14)21)26-13-20(24)22-12-18(23(2)3)16-7-5-6-8-19(16)25-4/h5-11,18H,12-13H2,1-4H3,(H,22,24)/p+1/t18-/m0/s1. The van der Waals surface area contributed by atoms with Crippen molar-refractivity contribution in [1.82, 2.24) is 5.32 Å². The molecule has 1 atom stereocenters. The molecule has 0 spiro atoms. The molecule has 0 aliphatic rings. The molecule has 0 heterocycles. The Morgan fingerprint density at radius 3 is 2.62 bits per heavy atom. The summed E-state index contributed by atoms with van der Waals surface area (Å²) in [6, 6.07) is 13.3. The van der Waals surface area contributed by atoms with Crippen LogP contribution in [0.4, 0.5) is 0 Å². The molecule has 6 heteroatoms. The van der Waals surface area contributed by atoms with E-state index in [1.165, 1.54) is 4.90 Å². The number of hydrogen-bond donors (Lipinski definition) is 2. The minimum atomic E-state index is -0.168. The van der Waals surface area contributed by atoms with E-state index in [9.17, 15) is 4.79 Å². The number of carbonyl (C=O) groups is 1. The van der Waals surface area contributed by atoms with Gasteiger partial charge in [0, 0.05) is 5.02 Å². The number of halogens is 1. The van der Waals surface area contributed by atoms with Gasteiger partial charge in [0.15, 0.2) is 6.61 Å². The largest absolute Gasteiger partial charge is 0.496 e. The number of para-hydroxylation sites is 1. The van der Waals surface area contributed by atoms with Crippen LogP contribution in [0, 0.1) is 6.92 Å². The van der Waals surface area contributed by atoms with Gasteiger partial charge in [0.1, 0.15) is 17.5 Å². The van der Waals surface area contributed by atoms with Gasteiger partial charge in [-0.15, -0.1) is 0 Å². The zero-order valence-electron chi connectivity index (χ0n) is 15.6. The summed E-state index contributed by atoms with van der Waals surface area (Å²) >= 11 is 5.99. The van der Waals surface area contributed by atoms with E-state index in [2.05, 4.69) is 19.4 Å². The molecule has 2 N–H and O–H groups in total. The normalized spacial score (nSPS) is 11.9. The van der Waals surface area contributed by atoms with E-state index in [0.717, 1.165) is 16.9 Å². The van der Waals surface area contributed by atoms with Gasteiger partial charge in [-0.1, -0.05) is 23.7 Å². The first-order valence-corrected chi connectivity index (χ1v) is 8.88. The van der Waals surface area contributed by atoms with Gasteiger partial charge in [0.25, 0.3) is 5.91 Å². The zero-order chi connectivity index (χ0) is 19.1. The van der Waals surface area contributed by atoms with Gasteiger partial charge in [-0.25, -0.2) is 0 Å². The second-order valence-corrected chi connectivity index (χ2v) is 6.78. The van der Waals surface area contributed by atoms with Gasteiger partial charge in [-0.3, -0.25) is 4.79 Å². The van der Waals surface area contributed by atoms with Crippen LogP contribution < -0.4 is 19.7 Å². The molecule has 0 unspecified atom stereocenters. The van der Waals surface area contributed by atoms with Crippen LogP contribution in [-0.4, -0.2) is 40.3 Å². The highest BCUT2D eigenvalue weighted by molar-refractivity contribution is 6.31. The van der Waals surface area contributed by atoms with Crippen molar-refractivity contribution < 1.29 is 19.2 Å². The minimum Gasteiger partial charge on any atom is -0.496 e. The summed E-state index contributed by atoms with van der Waals surface area (Å²) in [5.41, 5.74) is 1.97. The number of quaternary nitrogens is 1. The number of nitrogens with one attached hydrogen (secondary N) is 2. The van der Waals surface area contributed by atoms with Crippen molar-refractivity contribution in [3.63, 3.8) is 0 Å². The molecule has 0 saturated heterocycles. The number of likely N-dealkylation sites (N-methyl/N-ethyl adjacent to an activating group) is 1. The fourth-order valence-corrected chi connectivity index (χ4v) is 2.82. The van der Waals surface area contributed by atoms with Crippen molar-refractivity contribution in [2.45, 2.75) is 13.0 Å². The van der Waals surface area contributed by atoms with E-state index in [4.69, 9.17) is 21.1 Å². The Morgan fingerprint density at radius 2 is 1.96 bits per heavy atom. The molecule has 0 bridgehead atoms. The first kappa shape index (κ1) is 20.1. The lowest BCUT2D eigenvalue weighted by Gasteiger charge is -2.23. The summed E-state index contributed by atoms with van der Waals surface area (Å²) in [4.78, 5) is 13.4. The molecule has 0 aliphatic heterocycles. The first-order valence-electron chi connectivity index (χ1n) is 8.51. The quantitative estimate of drug-likeness (QED) is 0.740. The third-order valence-electron chi connectivity index (χ3n) is 4.21. The van der Waals surface area contributed by atoms with Crippen molar-refractivity contribution in [2.24, 2.45) is 0 Å². The maximum Gasteiger partial charge on any atom is 0.258 e. The number of benzene rings is 2. The van der Waals surface area contributed by atoms with Crippen LogP contribution in [-0.2, 0) is 4.79 Å². The van der Waals surface area contributed by atoms with Crippen LogP contribution in [0.5, 0.6) is 11.5 Å². The zero-order valence-corrected chi connectivity index (χ0v) is 16.4. The molecule has 2 aromatic carbocycles. The van der Waals surface area contributed by atoms with Gasteiger partial charge in [-0.2, -0.15) is 0 Å². The molecule has 140 valence electrons. The SMILES string of the molecule is COc1ccccc1[C@H](CNC(=O)COc1ccc(Cl)c(C)c1)[NH+](C)C. The summed E-state index contributed by atoms with van der Waals surface area (Å²) < 4.78 is 11.0.